The molecule has 0 aromatic carbocycles. The van der Waals surface area contributed by atoms with Crippen molar-refractivity contribution in [2.45, 2.75) is 130 Å². The molecular formula is C35H60N2O4+2. The molecule has 0 fully saturated rings. The third-order valence-electron chi connectivity index (χ3n) is 7.96. The summed E-state index contributed by atoms with van der Waals surface area (Å²) in [5.41, 5.74) is -0.892. The van der Waals surface area contributed by atoms with Gasteiger partial charge in [-0.2, -0.15) is 0 Å². The highest BCUT2D eigenvalue weighted by Crippen LogP contribution is 2.21. The molecule has 6 nitrogen and oxygen atoms in total. The van der Waals surface area contributed by atoms with Crippen molar-refractivity contribution in [3.63, 3.8) is 0 Å². The van der Waals surface area contributed by atoms with E-state index in [1.54, 1.807) is 0 Å². The molecule has 2 N–H and O–H groups in total. The Bertz CT molecular complexity index is 834. The second kappa shape index (κ2) is 22.4. The first-order chi connectivity index (χ1) is 20.1. The Kier molecular flexibility index (Phi) is 19.2. The van der Waals surface area contributed by atoms with Gasteiger partial charge in [0.05, 0.1) is 18.6 Å². The molecule has 0 saturated carbocycles. The van der Waals surface area contributed by atoms with Crippen molar-refractivity contribution in [2.24, 2.45) is 5.41 Å². The van der Waals surface area contributed by atoms with Crippen LogP contribution in [-0.4, -0.2) is 36.6 Å². The van der Waals surface area contributed by atoms with E-state index in [-0.39, 0.29) is 26.4 Å². The highest BCUT2D eigenvalue weighted by molar-refractivity contribution is 5.14. The predicted molar refractivity (Wildman–Crippen MR) is 166 cm³/mol. The van der Waals surface area contributed by atoms with E-state index in [9.17, 15) is 10.2 Å². The molecule has 0 bridgehead atoms. The van der Waals surface area contributed by atoms with E-state index in [1.807, 2.05) is 36.7 Å². The van der Waals surface area contributed by atoms with Gasteiger partial charge in [-0.05, 0) is 25.0 Å². The molecule has 0 atom stereocenters. The van der Waals surface area contributed by atoms with Gasteiger partial charge in [0.2, 0.25) is 12.4 Å². The number of hydrogen-bond donors (Lipinski definition) is 2. The van der Waals surface area contributed by atoms with E-state index in [0.717, 1.165) is 37.4 Å². The van der Waals surface area contributed by atoms with Crippen molar-refractivity contribution in [3.8, 4) is 11.5 Å². The van der Waals surface area contributed by atoms with E-state index in [1.165, 1.54) is 89.9 Å². The van der Waals surface area contributed by atoms with E-state index < -0.39 is 5.41 Å². The van der Waals surface area contributed by atoms with Crippen molar-refractivity contribution in [3.05, 3.63) is 49.1 Å². The fourth-order valence-electron chi connectivity index (χ4n) is 5.05. The Morgan fingerprint density at radius 2 is 0.927 bits per heavy atom. The summed E-state index contributed by atoms with van der Waals surface area (Å²) >= 11 is 0. The monoisotopic (exact) mass is 572 g/mol. The zero-order chi connectivity index (χ0) is 29.4. The molecule has 232 valence electrons. The lowest BCUT2D eigenvalue weighted by Crippen LogP contribution is -2.42. The first kappa shape index (κ1) is 35.0. The maximum atomic E-state index is 10.2. The number of ether oxygens (including phenoxy) is 2. The second-order valence-corrected chi connectivity index (χ2v) is 11.9. The zero-order valence-corrected chi connectivity index (χ0v) is 26.3. The molecule has 6 heteroatoms. The number of nitrogens with zero attached hydrogens (tertiary/aromatic N) is 2. The van der Waals surface area contributed by atoms with Crippen molar-refractivity contribution in [1.29, 1.82) is 0 Å². The SMILES string of the molecule is CCCCCCCCCC[n+]1cccc(OCC(CO)(CO)COc2ccc[n+](CCCCCCCCCC)c2)c1. The minimum absolute atomic E-state index is 0.173. The minimum atomic E-state index is -0.892. The third-order valence-corrected chi connectivity index (χ3v) is 7.96. The summed E-state index contributed by atoms with van der Waals surface area (Å²) in [4.78, 5) is 0. The van der Waals surface area contributed by atoms with Gasteiger partial charge in [-0.3, -0.25) is 0 Å². The summed E-state index contributed by atoms with van der Waals surface area (Å²) in [7, 11) is 0. The van der Waals surface area contributed by atoms with Crippen LogP contribution in [-0.2, 0) is 13.1 Å². The topological polar surface area (TPSA) is 66.7 Å². The first-order valence-corrected chi connectivity index (χ1v) is 16.6. The average Bonchev–Trinajstić information content (AvgIpc) is 3.01. The largest absolute Gasteiger partial charge is 0.487 e. The molecule has 0 radical (unpaired) electrons. The Morgan fingerprint density at radius 3 is 1.29 bits per heavy atom. The molecule has 0 amide bonds. The first-order valence-electron chi connectivity index (χ1n) is 16.6. The van der Waals surface area contributed by atoms with Crippen LogP contribution < -0.4 is 18.6 Å². The Hall–Kier alpha value is -2.18. The van der Waals surface area contributed by atoms with Gasteiger partial charge in [0.25, 0.3) is 0 Å². The van der Waals surface area contributed by atoms with Gasteiger partial charge >= 0.3 is 0 Å². The van der Waals surface area contributed by atoms with Gasteiger partial charge in [0.1, 0.15) is 26.3 Å². The highest BCUT2D eigenvalue weighted by Gasteiger charge is 2.32. The predicted octanol–water partition coefficient (Wildman–Crippen LogP) is 6.97. The highest BCUT2D eigenvalue weighted by atomic mass is 16.5. The summed E-state index contributed by atoms with van der Waals surface area (Å²) in [6.07, 6.45) is 29.0. The van der Waals surface area contributed by atoms with Gasteiger partial charge in [-0.1, -0.05) is 90.9 Å². The summed E-state index contributed by atoms with van der Waals surface area (Å²) in [5.74, 6) is 1.47. The number of aliphatic hydroxyl groups excluding tert-OH is 2. The standard InChI is InChI=1S/C35H60N2O4/c1-3-5-7-9-11-13-15-17-23-36-25-19-21-33(27-36)40-31-35(29-38,30-39)32-41-34-22-20-26-37(28-34)24-18-16-14-12-10-8-6-4-2/h19-22,25-28,38-39H,3-18,23-24,29-32H2,1-2H3/q+2. The van der Waals surface area contributed by atoms with Crippen molar-refractivity contribution < 1.29 is 28.8 Å². The van der Waals surface area contributed by atoms with Crippen molar-refractivity contribution in [2.75, 3.05) is 26.4 Å². The summed E-state index contributed by atoms with van der Waals surface area (Å²) in [6.45, 7) is 6.35. The van der Waals surface area contributed by atoms with Crippen LogP contribution in [0.2, 0.25) is 0 Å². The molecule has 2 aromatic rings. The maximum absolute atomic E-state index is 10.2. The Morgan fingerprint density at radius 1 is 0.561 bits per heavy atom. The number of unbranched alkanes of at least 4 members (excludes halogenated alkanes) is 14. The maximum Gasteiger partial charge on any atom is 0.211 e. The van der Waals surface area contributed by atoms with Gasteiger partial charge in [-0.25, -0.2) is 9.13 Å². The van der Waals surface area contributed by atoms with Gasteiger partial charge < -0.3 is 19.7 Å². The summed E-state index contributed by atoms with van der Waals surface area (Å²) < 4.78 is 16.5. The van der Waals surface area contributed by atoms with E-state index in [0.29, 0.717) is 0 Å². The van der Waals surface area contributed by atoms with E-state index in [2.05, 4.69) is 35.4 Å². The Balaban J connectivity index is 1.75. The zero-order valence-electron chi connectivity index (χ0n) is 26.3. The molecule has 0 aliphatic carbocycles. The van der Waals surface area contributed by atoms with Crippen molar-refractivity contribution >= 4 is 0 Å². The number of aliphatic hydroxyl groups is 2. The molecular weight excluding hydrogens is 512 g/mol. The smallest absolute Gasteiger partial charge is 0.211 e. The number of hydrogen-bond acceptors (Lipinski definition) is 4. The number of aryl methyl sites for hydroxylation is 2. The molecule has 0 aliphatic heterocycles. The van der Waals surface area contributed by atoms with Crippen LogP contribution >= 0.6 is 0 Å². The molecule has 2 aromatic heterocycles. The molecule has 0 unspecified atom stereocenters. The quantitative estimate of drug-likeness (QED) is 0.0944. The third kappa shape index (κ3) is 15.6. The van der Waals surface area contributed by atoms with Crippen LogP contribution in [0.15, 0.2) is 49.1 Å². The second-order valence-electron chi connectivity index (χ2n) is 11.9. The number of aromatic nitrogens is 2. The molecule has 0 saturated heterocycles. The fourth-order valence-corrected chi connectivity index (χ4v) is 5.05. The van der Waals surface area contributed by atoms with Crippen LogP contribution in [0.25, 0.3) is 0 Å². The van der Waals surface area contributed by atoms with Crippen LogP contribution in [0.1, 0.15) is 117 Å². The Labute approximate surface area is 250 Å². The van der Waals surface area contributed by atoms with E-state index >= 15 is 0 Å². The van der Waals surface area contributed by atoms with Crippen LogP contribution in [0, 0.1) is 5.41 Å². The van der Waals surface area contributed by atoms with Crippen LogP contribution in [0.4, 0.5) is 0 Å². The molecule has 0 aliphatic rings. The fraction of sp³-hybridized carbons (Fsp3) is 0.714. The summed E-state index contributed by atoms with van der Waals surface area (Å²) in [5, 5.41) is 20.4. The van der Waals surface area contributed by atoms with Gasteiger partial charge in [-0.15, -0.1) is 0 Å². The normalized spacial score (nSPS) is 11.6. The molecule has 41 heavy (non-hydrogen) atoms. The average molecular weight is 573 g/mol. The molecule has 2 rings (SSSR count). The van der Waals surface area contributed by atoms with Crippen molar-refractivity contribution in [1.82, 2.24) is 0 Å². The van der Waals surface area contributed by atoms with Gasteiger partial charge in [0, 0.05) is 25.0 Å². The minimum Gasteiger partial charge on any atom is -0.487 e. The van der Waals surface area contributed by atoms with Gasteiger partial charge in [0.15, 0.2) is 23.9 Å². The number of rotatable bonds is 26. The van der Waals surface area contributed by atoms with E-state index in [4.69, 9.17) is 9.47 Å². The van der Waals surface area contributed by atoms with Crippen LogP contribution in [0.3, 0.4) is 0 Å². The molecule has 2 heterocycles. The lowest BCUT2D eigenvalue weighted by Gasteiger charge is -2.29. The lowest BCUT2D eigenvalue weighted by atomic mass is 9.92. The van der Waals surface area contributed by atoms with Crippen LogP contribution in [0.5, 0.6) is 11.5 Å². The lowest BCUT2D eigenvalue weighted by molar-refractivity contribution is -0.697. The number of pyridine rings is 2. The summed E-state index contributed by atoms with van der Waals surface area (Å²) in [6, 6.07) is 7.84. The molecule has 0 spiro atoms.